The summed E-state index contributed by atoms with van der Waals surface area (Å²) in [5.41, 5.74) is 7.71. The first-order chi connectivity index (χ1) is 18.6. The van der Waals surface area contributed by atoms with Crippen LogP contribution < -0.4 is 15.2 Å². The predicted octanol–water partition coefficient (Wildman–Crippen LogP) is 5.18. The fraction of sp³-hybridized carbons (Fsp3) is 0.781. The van der Waals surface area contributed by atoms with Gasteiger partial charge in [-0.05, 0) is 73.5 Å². The van der Waals surface area contributed by atoms with E-state index < -0.39 is 12.1 Å². The molecule has 1 fully saturated rings. The van der Waals surface area contributed by atoms with Gasteiger partial charge in [-0.25, -0.2) is 0 Å². The molecule has 0 saturated heterocycles. The van der Waals surface area contributed by atoms with E-state index in [1.165, 1.54) is 0 Å². The molecule has 0 aromatic heterocycles. The van der Waals surface area contributed by atoms with Gasteiger partial charge in [0, 0.05) is 38.5 Å². The van der Waals surface area contributed by atoms with Crippen molar-refractivity contribution in [2.45, 2.75) is 104 Å². The molecule has 0 spiro atoms. The molecule has 1 aromatic rings. The van der Waals surface area contributed by atoms with E-state index in [0.29, 0.717) is 44.1 Å². The van der Waals surface area contributed by atoms with Crippen molar-refractivity contribution in [3.63, 3.8) is 0 Å². The van der Waals surface area contributed by atoms with Crippen molar-refractivity contribution in [2.75, 3.05) is 27.4 Å². The highest BCUT2D eigenvalue weighted by molar-refractivity contribution is 5.81. The molecule has 7 nitrogen and oxygen atoms in total. The maximum Gasteiger partial charge on any atom is 0.161 e. The second kappa shape index (κ2) is 17.2. The number of benzene rings is 1. The monoisotopic (exact) mass is 549 g/mol. The number of aliphatic hydroxyl groups is 2. The van der Waals surface area contributed by atoms with Crippen molar-refractivity contribution in [1.82, 2.24) is 0 Å². The lowest BCUT2D eigenvalue weighted by Crippen LogP contribution is -2.41. The van der Waals surface area contributed by atoms with Crippen LogP contribution in [0.3, 0.4) is 0 Å². The Morgan fingerprint density at radius 2 is 1.74 bits per heavy atom. The molecule has 6 atom stereocenters. The summed E-state index contributed by atoms with van der Waals surface area (Å²) in [6.45, 7) is 9.63. The molecule has 39 heavy (non-hydrogen) atoms. The van der Waals surface area contributed by atoms with Crippen LogP contribution in [0.15, 0.2) is 18.2 Å². The summed E-state index contributed by atoms with van der Waals surface area (Å²) in [7, 11) is 3.32. The Morgan fingerprint density at radius 3 is 2.36 bits per heavy atom. The smallest absolute Gasteiger partial charge is 0.161 e. The lowest BCUT2D eigenvalue weighted by molar-refractivity contribution is -0.127. The average Bonchev–Trinajstić information content (AvgIpc) is 2.90. The highest BCUT2D eigenvalue weighted by atomic mass is 16.5. The van der Waals surface area contributed by atoms with E-state index in [9.17, 15) is 15.0 Å². The Hall–Kier alpha value is -1.67. The van der Waals surface area contributed by atoms with Crippen molar-refractivity contribution in [3.05, 3.63) is 23.8 Å². The second-order valence-corrected chi connectivity index (χ2v) is 12.2. The summed E-state index contributed by atoms with van der Waals surface area (Å²) in [6, 6.07) is 5.62. The van der Waals surface area contributed by atoms with Gasteiger partial charge in [0.1, 0.15) is 5.78 Å². The number of methoxy groups -OCH3 is 2. The molecule has 2 rings (SSSR count). The molecule has 224 valence electrons. The number of Topliss-reactive ketones (excluding diaryl/α,β-unsaturated/α-hetero) is 1. The van der Waals surface area contributed by atoms with Crippen molar-refractivity contribution in [3.8, 4) is 11.5 Å². The van der Waals surface area contributed by atoms with Gasteiger partial charge in [0.15, 0.2) is 11.5 Å². The van der Waals surface area contributed by atoms with E-state index in [1.807, 2.05) is 26.0 Å². The molecule has 1 aliphatic carbocycles. The standard InChI is InChI=1S/C32H55NO6/c1-21(2)25(16-23-12-13-31(38-6)32(17-23)39-15-9-14-37-5)18-27(33)30(36)20-26(22(3)4)29(35)19-24-10-7-8-11-28(24)34/h12-13,17,21-22,24-28,30,34,36H,7-11,14-16,18-20,33H2,1-6H3/t24-,25-,26-,27-,28+,30-/m0/s1. The van der Waals surface area contributed by atoms with Crippen LogP contribution in [0.4, 0.5) is 0 Å². The molecule has 0 unspecified atom stereocenters. The minimum absolute atomic E-state index is 0.0435. The summed E-state index contributed by atoms with van der Waals surface area (Å²) in [6.07, 6.45) is 5.68. The molecular formula is C32H55NO6. The minimum Gasteiger partial charge on any atom is -0.493 e. The van der Waals surface area contributed by atoms with Gasteiger partial charge in [-0.1, -0.05) is 46.6 Å². The third-order valence-electron chi connectivity index (χ3n) is 8.53. The molecular weight excluding hydrogens is 494 g/mol. The van der Waals surface area contributed by atoms with Crippen LogP contribution in [0.25, 0.3) is 0 Å². The fourth-order valence-corrected chi connectivity index (χ4v) is 5.79. The zero-order valence-electron chi connectivity index (χ0n) is 25.2. The molecule has 0 bridgehead atoms. The number of ether oxygens (including phenoxy) is 3. The van der Waals surface area contributed by atoms with Gasteiger partial charge < -0.3 is 30.2 Å². The summed E-state index contributed by atoms with van der Waals surface area (Å²) < 4.78 is 16.6. The largest absolute Gasteiger partial charge is 0.493 e. The number of carbonyl (C=O) groups excluding carboxylic acids is 1. The quantitative estimate of drug-likeness (QED) is 0.217. The van der Waals surface area contributed by atoms with Gasteiger partial charge >= 0.3 is 0 Å². The zero-order chi connectivity index (χ0) is 28.9. The molecule has 1 saturated carbocycles. The first-order valence-electron chi connectivity index (χ1n) is 15.0. The maximum atomic E-state index is 13.2. The van der Waals surface area contributed by atoms with Crippen molar-refractivity contribution in [1.29, 1.82) is 0 Å². The lowest BCUT2D eigenvalue weighted by Gasteiger charge is -2.32. The summed E-state index contributed by atoms with van der Waals surface area (Å²) in [5.74, 6) is 2.11. The molecule has 0 heterocycles. The highest BCUT2D eigenvalue weighted by Crippen LogP contribution is 2.33. The van der Waals surface area contributed by atoms with Crippen molar-refractivity contribution < 1.29 is 29.2 Å². The van der Waals surface area contributed by atoms with E-state index in [0.717, 1.165) is 49.8 Å². The van der Waals surface area contributed by atoms with Crippen LogP contribution in [0.5, 0.6) is 11.5 Å². The molecule has 1 aromatic carbocycles. The summed E-state index contributed by atoms with van der Waals surface area (Å²) in [5, 5.41) is 21.5. The highest BCUT2D eigenvalue weighted by Gasteiger charge is 2.33. The Bertz CT molecular complexity index is 844. The van der Waals surface area contributed by atoms with Crippen LogP contribution >= 0.6 is 0 Å². The minimum atomic E-state index is -0.755. The van der Waals surface area contributed by atoms with Crippen LogP contribution in [0.1, 0.15) is 84.6 Å². The van der Waals surface area contributed by atoms with E-state index in [-0.39, 0.29) is 35.6 Å². The number of rotatable bonds is 18. The molecule has 0 amide bonds. The van der Waals surface area contributed by atoms with Crippen LogP contribution in [0.2, 0.25) is 0 Å². The van der Waals surface area contributed by atoms with Crippen LogP contribution in [-0.4, -0.2) is 61.7 Å². The van der Waals surface area contributed by atoms with Crippen molar-refractivity contribution >= 4 is 5.78 Å². The summed E-state index contributed by atoms with van der Waals surface area (Å²) >= 11 is 0. The summed E-state index contributed by atoms with van der Waals surface area (Å²) in [4.78, 5) is 13.2. The Kier molecular flexibility index (Phi) is 14.8. The van der Waals surface area contributed by atoms with E-state index >= 15 is 0 Å². The van der Waals surface area contributed by atoms with E-state index in [1.54, 1.807) is 14.2 Å². The Balaban J connectivity index is 2.01. The van der Waals surface area contributed by atoms with E-state index in [2.05, 4.69) is 19.9 Å². The molecule has 1 aliphatic rings. The lowest BCUT2D eigenvalue weighted by atomic mass is 9.76. The average molecular weight is 550 g/mol. The third-order valence-corrected chi connectivity index (χ3v) is 8.53. The molecule has 0 aliphatic heterocycles. The Labute approximate surface area is 236 Å². The van der Waals surface area contributed by atoms with Gasteiger partial charge in [-0.3, -0.25) is 4.79 Å². The first-order valence-corrected chi connectivity index (χ1v) is 15.0. The van der Waals surface area contributed by atoms with Gasteiger partial charge in [0.05, 0.1) is 25.9 Å². The molecule has 0 radical (unpaired) electrons. The molecule has 7 heteroatoms. The normalized spacial score (nSPS) is 21.0. The zero-order valence-corrected chi connectivity index (χ0v) is 25.2. The number of carbonyl (C=O) groups is 1. The number of nitrogens with two attached hydrogens (primary N) is 1. The van der Waals surface area contributed by atoms with Gasteiger partial charge in [0.25, 0.3) is 0 Å². The van der Waals surface area contributed by atoms with Crippen molar-refractivity contribution in [2.24, 2.45) is 35.3 Å². The maximum absolute atomic E-state index is 13.2. The van der Waals surface area contributed by atoms with Crippen LogP contribution in [0, 0.1) is 29.6 Å². The van der Waals surface area contributed by atoms with Crippen LogP contribution in [-0.2, 0) is 16.0 Å². The number of aliphatic hydroxyl groups excluding tert-OH is 2. The topological polar surface area (TPSA) is 111 Å². The van der Waals surface area contributed by atoms with Gasteiger partial charge in [-0.2, -0.15) is 0 Å². The van der Waals surface area contributed by atoms with E-state index in [4.69, 9.17) is 19.9 Å². The third kappa shape index (κ3) is 11.0. The number of ketones is 1. The predicted molar refractivity (Wildman–Crippen MR) is 156 cm³/mol. The Morgan fingerprint density at radius 1 is 1.03 bits per heavy atom. The second-order valence-electron chi connectivity index (χ2n) is 12.2. The number of hydrogen-bond acceptors (Lipinski definition) is 7. The van der Waals surface area contributed by atoms with Gasteiger partial charge in [-0.15, -0.1) is 0 Å². The number of hydrogen-bond donors (Lipinski definition) is 3. The first kappa shape index (κ1) is 33.5. The SMILES string of the molecule is COCCCOc1cc(C[C@@H](C[C@H](N)[C@@H](O)C[C@H](C(=O)C[C@@H]2CCCC[C@H]2O)C(C)C)C(C)C)ccc1OC. The van der Waals surface area contributed by atoms with Gasteiger partial charge in [0.2, 0.25) is 0 Å². The molecule has 4 N–H and O–H groups in total. The fourth-order valence-electron chi connectivity index (χ4n) is 5.79.